The number of anilines is 1. The van der Waals surface area contributed by atoms with Crippen LogP contribution in [0, 0.1) is 0 Å². The normalized spacial score (nSPS) is 13.8. The molecule has 1 amide bonds. The Bertz CT molecular complexity index is 631. The van der Waals surface area contributed by atoms with E-state index in [2.05, 4.69) is 16.7 Å². The number of fused-ring (bicyclic) bond motifs is 1. The Labute approximate surface area is 118 Å². The average Bonchev–Trinajstić information content (AvgIpc) is 2.97. The summed E-state index contributed by atoms with van der Waals surface area (Å²) in [7, 11) is 0. The van der Waals surface area contributed by atoms with Crippen LogP contribution in [0.25, 0.3) is 0 Å². The minimum absolute atomic E-state index is 0.184. The summed E-state index contributed by atoms with van der Waals surface area (Å²) >= 11 is 0. The van der Waals surface area contributed by atoms with Gasteiger partial charge in [-0.1, -0.05) is 19.1 Å². The van der Waals surface area contributed by atoms with Crippen molar-refractivity contribution < 1.29 is 9.21 Å². The summed E-state index contributed by atoms with van der Waals surface area (Å²) < 4.78 is 5.49. The molecule has 1 aliphatic rings. The molecule has 20 heavy (non-hydrogen) atoms. The summed E-state index contributed by atoms with van der Waals surface area (Å²) in [5.41, 5.74) is 3.37. The molecule has 0 spiro atoms. The number of hydrogen-bond acceptors (Lipinski definition) is 3. The molecule has 2 heterocycles. The third-order valence-electron chi connectivity index (χ3n) is 3.62. The lowest BCUT2D eigenvalue weighted by atomic mass is 9.99. The smallest absolute Gasteiger partial charge is 0.291 e. The first-order valence-electron chi connectivity index (χ1n) is 6.99. The van der Waals surface area contributed by atoms with E-state index in [4.69, 9.17) is 4.42 Å². The Balaban J connectivity index is 1.82. The Hall–Kier alpha value is -2.07. The Morgan fingerprint density at radius 1 is 1.35 bits per heavy atom. The van der Waals surface area contributed by atoms with Gasteiger partial charge in [0.05, 0.1) is 0 Å². The SMILES string of the molecule is CCc1ccc(C(=O)Nc2cccc3c2CCNC3)o1. The lowest BCUT2D eigenvalue weighted by Crippen LogP contribution is -2.25. The third-order valence-corrected chi connectivity index (χ3v) is 3.62. The maximum atomic E-state index is 12.2. The van der Waals surface area contributed by atoms with Gasteiger partial charge in [-0.3, -0.25) is 4.79 Å². The van der Waals surface area contributed by atoms with Gasteiger partial charge >= 0.3 is 0 Å². The molecule has 1 aromatic carbocycles. The van der Waals surface area contributed by atoms with E-state index in [1.807, 2.05) is 25.1 Å². The number of aryl methyl sites for hydroxylation is 1. The van der Waals surface area contributed by atoms with Crippen molar-refractivity contribution in [3.05, 3.63) is 53.0 Å². The van der Waals surface area contributed by atoms with Crippen LogP contribution in [0.2, 0.25) is 0 Å². The van der Waals surface area contributed by atoms with E-state index < -0.39 is 0 Å². The van der Waals surface area contributed by atoms with E-state index in [0.717, 1.165) is 37.4 Å². The first-order valence-corrected chi connectivity index (χ1v) is 6.99. The second kappa shape index (κ2) is 5.51. The van der Waals surface area contributed by atoms with Crippen molar-refractivity contribution in [1.82, 2.24) is 5.32 Å². The highest BCUT2D eigenvalue weighted by Crippen LogP contribution is 2.23. The number of carbonyl (C=O) groups excluding carboxylic acids is 1. The minimum Gasteiger partial charge on any atom is -0.456 e. The first kappa shape index (κ1) is 12.9. The number of carbonyl (C=O) groups is 1. The lowest BCUT2D eigenvalue weighted by Gasteiger charge is -2.20. The number of furan rings is 1. The van der Waals surface area contributed by atoms with Gasteiger partial charge < -0.3 is 15.1 Å². The molecule has 0 unspecified atom stereocenters. The fraction of sp³-hybridized carbons (Fsp3) is 0.312. The van der Waals surface area contributed by atoms with E-state index in [0.29, 0.717) is 5.76 Å². The van der Waals surface area contributed by atoms with Crippen molar-refractivity contribution in [2.75, 3.05) is 11.9 Å². The molecule has 2 N–H and O–H groups in total. The van der Waals surface area contributed by atoms with E-state index in [-0.39, 0.29) is 5.91 Å². The van der Waals surface area contributed by atoms with Crippen LogP contribution in [-0.4, -0.2) is 12.5 Å². The van der Waals surface area contributed by atoms with Crippen LogP contribution in [0.5, 0.6) is 0 Å². The molecule has 0 atom stereocenters. The molecule has 0 bridgehead atoms. The molecule has 1 aliphatic heterocycles. The number of nitrogens with one attached hydrogen (secondary N) is 2. The van der Waals surface area contributed by atoms with Gasteiger partial charge in [0.25, 0.3) is 5.91 Å². The molecule has 2 aromatic rings. The standard InChI is InChI=1S/C16H18N2O2/c1-2-12-6-7-15(20-12)16(19)18-14-5-3-4-11-10-17-9-8-13(11)14/h3-7,17H,2,8-10H2,1H3,(H,18,19). The van der Waals surface area contributed by atoms with E-state index in [1.165, 1.54) is 11.1 Å². The number of benzene rings is 1. The molecular formula is C16H18N2O2. The van der Waals surface area contributed by atoms with E-state index in [1.54, 1.807) is 6.07 Å². The Morgan fingerprint density at radius 2 is 2.25 bits per heavy atom. The van der Waals surface area contributed by atoms with Crippen molar-refractivity contribution in [2.45, 2.75) is 26.3 Å². The van der Waals surface area contributed by atoms with Gasteiger partial charge in [0.15, 0.2) is 5.76 Å². The quantitative estimate of drug-likeness (QED) is 0.901. The number of rotatable bonds is 3. The molecule has 0 saturated carbocycles. The van der Waals surface area contributed by atoms with Crippen molar-refractivity contribution in [3.8, 4) is 0 Å². The Kier molecular flexibility index (Phi) is 3.56. The van der Waals surface area contributed by atoms with Crippen LogP contribution in [0.1, 0.15) is 34.4 Å². The molecule has 0 fully saturated rings. The number of amides is 1. The summed E-state index contributed by atoms with van der Waals surface area (Å²) in [5.74, 6) is 1.01. The Morgan fingerprint density at radius 3 is 3.05 bits per heavy atom. The monoisotopic (exact) mass is 270 g/mol. The molecule has 0 aliphatic carbocycles. The van der Waals surface area contributed by atoms with Crippen LogP contribution < -0.4 is 10.6 Å². The van der Waals surface area contributed by atoms with Gasteiger partial charge in [-0.2, -0.15) is 0 Å². The zero-order valence-electron chi connectivity index (χ0n) is 11.5. The van der Waals surface area contributed by atoms with Crippen molar-refractivity contribution in [3.63, 3.8) is 0 Å². The molecule has 4 heteroatoms. The molecule has 4 nitrogen and oxygen atoms in total. The molecule has 0 radical (unpaired) electrons. The third kappa shape index (κ3) is 2.47. The van der Waals surface area contributed by atoms with Crippen molar-refractivity contribution in [1.29, 1.82) is 0 Å². The number of hydrogen-bond donors (Lipinski definition) is 2. The summed E-state index contributed by atoms with van der Waals surface area (Å²) in [6, 6.07) is 9.59. The molecule has 0 saturated heterocycles. The highest BCUT2D eigenvalue weighted by atomic mass is 16.3. The van der Waals surface area contributed by atoms with Gasteiger partial charge in [-0.25, -0.2) is 0 Å². The predicted molar refractivity (Wildman–Crippen MR) is 77.9 cm³/mol. The molecular weight excluding hydrogens is 252 g/mol. The second-order valence-corrected chi connectivity index (χ2v) is 4.94. The largest absolute Gasteiger partial charge is 0.456 e. The van der Waals surface area contributed by atoms with Crippen LogP contribution in [0.4, 0.5) is 5.69 Å². The first-order chi connectivity index (χ1) is 9.78. The van der Waals surface area contributed by atoms with Gasteiger partial charge in [-0.15, -0.1) is 0 Å². The van der Waals surface area contributed by atoms with Gasteiger partial charge in [0, 0.05) is 18.7 Å². The van der Waals surface area contributed by atoms with E-state index in [9.17, 15) is 4.79 Å². The summed E-state index contributed by atoms with van der Waals surface area (Å²) in [6.07, 6.45) is 1.73. The summed E-state index contributed by atoms with van der Waals surface area (Å²) in [4.78, 5) is 12.2. The molecule has 104 valence electrons. The van der Waals surface area contributed by atoms with Crippen LogP contribution >= 0.6 is 0 Å². The maximum Gasteiger partial charge on any atom is 0.291 e. The van der Waals surface area contributed by atoms with Gasteiger partial charge in [-0.05, 0) is 42.3 Å². The fourth-order valence-electron chi connectivity index (χ4n) is 2.52. The lowest BCUT2D eigenvalue weighted by molar-refractivity contribution is 0.0995. The van der Waals surface area contributed by atoms with Gasteiger partial charge in [0.2, 0.25) is 0 Å². The van der Waals surface area contributed by atoms with Crippen LogP contribution in [0.15, 0.2) is 34.7 Å². The molecule has 3 rings (SSSR count). The predicted octanol–water partition coefficient (Wildman–Crippen LogP) is 2.74. The summed E-state index contributed by atoms with van der Waals surface area (Å²) in [5, 5.41) is 6.30. The van der Waals surface area contributed by atoms with Crippen LogP contribution in [-0.2, 0) is 19.4 Å². The maximum absolute atomic E-state index is 12.2. The van der Waals surface area contributed by atoms with E-state index >= 15 is 0 Å². The highest BCUT2D eigenvalue weighted by Gasteiger charge is 2.16. The van der Waals surface area contributed by atoms with Crippen LogP contribution in [0.3, 0.4) is 0 Å². The average molecular weight is 270 g/mol. The van der Waals surface area contributed by atoms with Gasteiger partial charge in [0.1, 0.15) is 5.76 Å². The zero-order chi connectivity index (χ0) is 13.9. The fourth-order valence-corrected chi connectivity index (χ4v) is 2.52. The van der Waals surface area contributed by atoms with Crippen molar-refractivity contribution >= 4 is 11.6 Å². The summed E-state index contributed by atoms with van der Waals surface area (Å²) in [6.45, 7) is 3.81. The topological polar surface area (TPSA) is 54.3 Å². The minimum atomic E-state index is -0.184. The highest BCUT2D eigenvalue weighted by molar-refractivity contribution is 6.02. The second-order valence-electron chi connectivity index (χ2n) is 4.94. The van der Waals surface area contributed by atoms with Crippen molar-refractivity contribution in [2.24, 2.45) is 0 Å². The molecule has 1 aromatic heterocycles. The zero-order valence-corrected chi connectivity index (χ0v) is 11.5.